The van der Waals surface area contributed by atoms with E-state index >= 15 is 0 Å². The smallest absolute Gasteiger partial charge is 0.317 e. The largest absolute Gasteiger partial charge is 0.494 e. The molecule has 0 unspecified atom stereocenters. The first-order valence-electron chi connectivity index (χ1n) is 11.8. The van der Waals surface area contributed by atoms with Gasteiger partial charge in [0.15, 0.2) is 0 Å². The van der Waals surface area contributed by atoms with Crippen LogP contribution in [0.15, 0.2) is 18.2 Å². The Labute approximate surface area is 175 Å². The lowest BCUT2D eigenvalue weighted by molar-refractivity contribution is 0.184. The molecule has 0 aromatic heterocycles. The minimum atomic E-state index is 0.112. The minimum absolute atomic E-state index is 0.112. The summed E-state index contributed by atoms with van der Waals surface area (Å²) in [6.07, 6.45) is 12.2. The van der Waals surface area contributed by atoms with E-state index in [1.54, 1.807) is 0 Å². The minimum Gasteiger partial charge on any atom is -0.494 e. The molecule has 2 aliphatic heterocycles. The molecule has 0 bridgehead atoms. The zero-order valence-electron chi connectivity index (χ0n) is 17.8. The van der Waals surface area contributed by atoms with Gasteiger partial charge < -0.3 is 19.9 Å². The maximum absolute atomic E-state index is 12.6. The van der Waals surface area contributed by atoms with Gasteiger partial charge in [-0.2, -0.15) is 0 Å². The number of ether oxygens (including phenoxy) is 1. The molecule has 2 fully saturated rings. The normalized spacial score (nSPS) is 20.9. The molecule has 1 saturated heterocycles. The van der Waals surface area contributed by atoms with Crippen molar-refractivity contribution in [2.75, 3.05) is 32.8 Å². The van der Waals surface area contributed by atoms with E-state index in [0.717, 1.165) is 51.1 Å². The van der Waals surface area contributed by atoms with Crippen LogP contribution in [-0.4, -0.2) is 54.7 Å². The topological polar surface area (TPSA) is 44.8 Å². The third kappa shape index (κ3) is 5.88. The third-order valence-corrected chi connectivity index (χ3v) is 6.75. The Morgan fingerprint density at radius 3 is 2.62 bits per heavy atom. The zero-order valence-corrected chi connectivity index (χ0v) is 17.8. The summed E-state index contributed by atoms with van der Waals surface area (Å²) in [6, 6.07) is 6.89. The molecule has 5 nitrogen and oxygen atoms in total. The van der Waals surface area contributed by atoms with Crippen molar-refractivity contribution in [2.45, 2.75) is 76.8 Å². The van der Waals surface area contributed by atoms with Gasteiger partial charge >= 0.3 is 6.03 Å². The number of hydrogen-bond donors (Lipinski definition) is 1. The molecule has 2 amide bonds. The molecule has 3 aliphatic rings. The summed E-state index contributed by atoms with van der Waals surface area (Å²) >= 11 is 0. The number of benzene rings is 1. The molecule has 1 aliphatic carbocycles. The first-order chi connectivity index (χ1) is 14.3. The van der Waals surface area contributed by atoms with Crippen molar-refractivity contribution < 1.29 is 9.53 Å². The molecule has 1 aromatic rings. The summed E-state index contributed by atoms with van der Waals surface area (Å²) in [5.74, 6) is 0.975. The number of rotatable bonds is 6. The summed E-state index contributed by atoms with van der Waals surface area (Å²) in [6.45, 7) is 5.95. The fourth-order valence-corrected chi connectivity index (χ4v) is 4.97. The Balaban J connectivity index is 1.22. The van der Waals surface area contributed by atoms with Crippen LogP contribution in [0.3, 0.4) is 0 Å². The van der Waals surface area contributed by atoms with Crippen molar-refractivity contribution in [3.8, 4) is 5.75 Å². The average molecular weight is 400 g/mol. The van der Waals surface area contributed by atoms with Crippen LogP contribution in [0.4, 0.5) is 4.79 Å². The van der Waals surface area contributed by atoms with Gasteiger partial charge in [0.2, 0.25) is 0 Å². The third-order valence-electron chi connectivity index (χ3n) is 6.75. The van der Waals surface area contributed by atoms with Crippen LogP contribution in [0.1, 0.15) is 68.9 Å². The van der Waals surface area contributed by atoms with Gasteiger partial charge in [0, 0.05) is 25.7 Å². The van der Waals surface area contributed by atoms with Gasteiger partial charge in [-0.25, -0.2) is 4.79 Å². The van der Waals surface area contributed by atoms with Crippen molar-refractivity contribution in [2.24, 2.45) is 0 Å². The Hall–Kier alpha value is -1.75. The van der Waals surface area contributed by atoms with E-state index in [4.69, 9.17) is 4.74 Å². The lowest BCUT2D eigenvalue weighted by Crippen LogP contribution is -2.47. The van der Waals surface area contributed by atoms with E-state index in [-0.39, 0.29) is 6.03 Å². The van der Waals surface area contributed by atoms with Gasteiger partial charge in [0.05, 0.1) is 6.61 Å². The number of likely N-dealkylation sites (tertiary alicyclic amines) is 1. The zero-order chi connectivity index (χ0) is 19.9. The molecule has 5 heteroatoms. The molecule has 1 saturated carbocycles. The first-order valence-corrected chi connectivity index (χ1v) is 11.8. The number of urea groups is 1. The summed E-state index contributed by atoms with van der Waals surface area (Å²) in [7, 11) is 0. The summed E-state index contributed by atoms with van der Waals surface area (Å²) in [5.41, 5.74) is 2.59. The molecular weight excluding hydrogens is 362 g/mol. The van der Waals surface area contributed by atoms with Crippen molar-refractivity contribution in [3.05, 3.63) is 29.3 Å². The highest BCUT2D eigenvalue weighted by molar-refractivity contribution is 5.75. The lowest BCUT2D eigenvalue weighted by atomic mass is 9.95. The monoisotopic (exact) mass is 399 g/mol. The van der Waals surface area contributed by atoms with E-state index in [1.165, 1.54) is 62.7 Å². The van der Waals surface area contributed by atoms with Crippen LogP contribution in [0.5, 0.6) is 5.75 Å². The Kier molecular flexibility index (Phi) is 7.31. The highest BCUT2D eigenvalue weighted by Gasteiger charge is 2.24. The summed E-state index contributed by atoms with van der Waals surface area (Å²) < 4.78 is 6.02. The second kappa shape index (κ2) is 10.3. The maximum atomic E-state index is 12.6. The maximum Gasteiger partial charge on any atom is 0.317 e. The van der Waals surface area contributed by atoms with Gasteiger partial charge in [-0.15, -0.1) is 0 Å². The predicted octanol–water partition coefficient (Wildman–Crippen LogP) is 4.34. The quantitative estimate of drug-likeness (QED) is 0.724. The first kappa shape index (κ1) is 20.5. The molecule has 29 heavy (non-hydrogen) atoms. The number of piperidine rings is 1. The van der Waals surface area contributed by atoms with Crippen LogP contribution in [-0.2, 0) is 13.0 Å². The van der Waals surface area contributed by atoms with Crippen LogP contribution in [0.25, 0.3) is 0 Å². The van der Waals surface area contributed by atoms with Gasteiger partial charge in [-0.1, -0.05) is 31.7 Å². The molecule has 0 radical (unpaired) electrons. The van der Waals surface area contributed by atoms with Crippen molar-refractivity contribution in [1.29, 1.82) is 0 Å². The molecule has 160 valence electrons. The highest BCUT2D eigenvalue weighted by atomic mass is 16.5. The number of amides is 2. The van der Waals surface area contributed by atoms with Crippen molar-refractivity contribution in [3.63, 3.8) is 0 Å². The second-order valence-corrected chi connectivity index (χ2v) is 8.99. The Bertz CT molecular complexity index is 666. The van der Waals surface area contributed by atoms with E-state index < -0.39 is 0 Å². The van der Waals surface area contributed by atoms with Gasteiger partial charge in [-0.05, 0) is 74.9 Å². The fraction of sp³-hybridized carbons (Fsp3) is 0.708. The van der Waals surface area contributed by atoms with Gasteiger partial charge in [0.25, 0.3) is 0 Å². The number of nitrogens with zero attached hydrogens (tertiary/aromatic N) is 2. The SMILES string of the molecule is O=C(NC1CCCCC1)N1CCc2cc(OCCCN3CCCCC3)ccc2C1. The summed E-state index contributed by atoms with van der Waals surface area (Å²) in [5, 5.41) is 3.25. The van der Waals surface area contributed by atoms with Crippen LogP contribution >= 0.6 is 0 Å². The van der Waals surface area contributed by atoms with Crippen LogP contribution in [0, 0.1) is 0 Å². The number of fused-ring (bicyclic) bond motifs is 1. The molecular formula is C24H37N3O2. The van der Waals surface area contributed by atoms with E-state index in [2.05, 4.69) is 28.4 Å². The Morgan fingerprint density at radius 2 is 1.79 bits per heavy atom. The average Bonchev–Trinajstić information content (AvgIpc) is 2.77. The lowest BCUT2D eigenvalue weighted by Gasteiger charge is -2.32. The van der Waals surface area contributed by atoms with Gasteiger partial charge in [-0.3, -0.25) is 0 Å². The van der Waals surface area contributed by atoms with Crippen LogP contribution < -0.4 is 10.1 Å². The van der Waals surface area contributed by atoms with E-state index in [1.807, 2.05) is 4.90 Å². The number of carbonyl (C=O) groups is 1. The Morgan fingerprint density at radius 1 is 1.00 bits per heavy atom. The van der Waals surface area contributed by atoms with E-state index in [0.29, 0.717) is 12.6 Å². The van der Waals surface area contributed by atoms with Crippen molar-refractivity contribution >= 4 is 6.03 Å². The number of carbonyl (C=O) groups excluding carboxylic acids is 1. The van der Waals surface area contributed by atoms with Crippen LogP contribution in [0.2, 0.25) is 0 Å². The molecule has 1 N–H and O–H groups in total. The van der Waals surface area contributed by atoms with E-state index in [9.17, 15) is 4.79 Å². The fourth-order valence-electron chi connectivity index (χ4n) is 4.97. The summed E-state index contributed by atoms with van der Waals surface area (Å²) in [4.78, 5) is 17.2. The standard InChI is InChI=1S/C24H37N3O2/c28-24(25-22-8-3-1-4-9-22)27-16-12-20-18-23(11-10-21(20)19-27)29-17-7-15-26-13-5-2-6-14-26/h10-11,18,22H,1-9,12-17,19H2,(H,25,28). The number of nitrogens with one attached hydrogen (secondary N) is 1. The van der Waals surface area contributed by atoms with Gasteiger partial charge in [0.1, 0.15) is 5.75 Å². The molecule has 0 spiro atoms. The predicted molar refractivity (Wildman–Crippen MR) is 116 cm³/mol. The van der Waals surface area contributed by atoms with Crippen molar-refractivity contribution in [1.82, 2.24) is 15.1 Å². The molecule has 4 rings (SSSR count). The molecule has 1 aromatic carbocycles. The number of hydrogen-bond acceptors (Lipinski definition) is 3. The molecule has 2 heterocycles. The molecule has 0 atom stereocenters. The highest BCUT2D eigenvalue weighted by Crippen LogP contribution is 2.25. The second-order valence-electron chi connectivity index (χ2n) is 8.99.